The van der Waals surface area contributed by atoms with Gasteiger partial charge in [-0.2, -0.15) is 17.0 Å². The molecule has 0 aliphatic carbocycles. The molecule has 2 aliphatic rings. The summed E-state index contributed by atoms with van der Waals surface area (Å²) in [5.41, 5.74) is 1.12. The molecule has 0 amide bonds. The molecule has 0 aromatic heterocycles. The molecule has 2 saturated heterocycles. The Labute approximate surface area is 145 Å². The largest absolute Gasteiger partial charge is 0.490 e. The van der Waals surface area contributed by atoms with Crippen LogP contribution in [0.2, 0.25) is 0 Å². The maximum absolute atomic E-state index is 12.8. The Balaban J connectivity index is 1.57. The molecule has 0 radical (unpaired) electrons. The van der Waals surface area contributed by atoms with Crippen molar-refractivity contribution in [1.82, 2.24) is 8.61 Å². The number of benzene rings is 1. The Bertz CT molecular complexity index is 654. The molecule has 0 spiro atoms. The van der Waals surface area contributed by atoms with E-state index in [1.807, 2.05) is 31.2 Å². The molecule has 6 heteroatoms. The molecule has 0 N–H and O–H groups in total. The van der Waals surface area contributed by atoms with Crippen molar-refractivity contribution in [2.45, 2.75) is 45.6 Å². The highest BCUT2D eigenvalue weighted by atomic mass is 32.2. The maximum Gasteiger partial charge on any atom is 0.281 e. The fourth-order valence-corrected chi connectivity index (χ4v) is 5.37. The molecule has 0 saturated carbocycles. The molecule has 1 aromatic carbocycles. The van der Waals surface area contributed by atoms with Crippen LogP contribution in [0.25, 0.3) is 0 Å². The fourth-order valence-electron chi connectivity index (χ4n) is 3.57. The minimum atomic E-state index is -3.31. The van der Waals surface area contributed by atoms with E-state index in [0.29, 0.717) is 32.1 Å². The summed E-state index contributed by atoms with van der Waals surface area (Å²) in [4.78, 5) is 0. The van der Waals surface area contributed by atoms with Gasteiger partial charge in [0.2, 0.25) is 0 Å². The highest BCUT2D eigenvalue weighted by Crippen LogP contribution is 2.26. The topological polar surface area (TPSA) is 49.9 Å². The summed E-state index contributed by atoms with van der Waals surface area (Å²) in [6.45, 7) is 6.57. The SMILES string of the molecule is Cc1ccccc1OC1CCN(S(=O)(=O)N2CCCC(C)C2)CC1. The van der Waals surface area contributed by atoms with Gasteiger partial charge >= 0.3 is 0 Å². The zero-order valence-corrected chi connectivity index (χ0v) is 15.5. The van der Waals surface area contributed by atoms with Crippen molar-refractivity contribution in [2.24, 2.45) is 5.92 Å². The van der Waals surface area contributed by atoms with Crippen molar-refractivity contribution in [3.05, 3.63) is 29.8 Å². The van der Waals surface area contributed by atoms with Gasteiger partial charge in [-0.15, -0.1) is 0 Å². The molecule has 2 fully saturated rings. The Hall–Kier alpha value is -1.11. The van der Waals surface area contributed by atoms with E-state index in [-0.39, 0.29) is 6.10 Å². The minimum absolute atomic E-state index is 0.0952. The van der Waals surface area contributed by atoms with Crippen LogP contribution in [0.4, 0.5) is 0 Å². The van der Waals surface area contributed by atoms with Crippen molar-refractivity contribution in [3.63, 3.8) is 0 Å². The van der Waals surface area contributed by atoms with Crippen LogP contribution in [0.3, 0.4) is 0 Å². The summed E-state index contributed by atoms with van der Waals surface area (Å²) in [6.07, 6.45) is 3.68. The Kier molecular flexibility index (Phi) is 5.47. The second-order valence-electron chi connectivity index (χ2n) is 7.09. The highest BCUT2D eigenvalue weighted by Gasteiger charge is 2.35. The van der Waals surface area contributed by atoms with Crippen LogP contribution < -0.4 is 4.74 Å². The second kappa shape index (κ2) is 7.42. The van der Waals surface area contributed by atoms with E-state index in [2.05, 4.69) is 6.92 Å². The molecule has 134 valence electrons. The summed E-state index contributed by atoms with van der Waals surface area (Å²) < 4.78 is 35.0. The molecular formula is C18H28N2O3S. The first-order valence-electron chi connectivity index (χ1n) is 8.94. The van der Waals surface area contributed by atoms with E-state index >= 15 is 0 Å². The molecule has 24 heavy (non-hydrogen) atoms. The summed E-state index contributed by atoms with van der Waals surface area (Å²) >= 11 is 0. The molecule has 1 aromatic rings. The van der Waals surface area contributed by atoms with Gasteiger partial charge in [-0.05, 0) is 50.2 Å². The van der Waals surface area contributed by atoms with Crippen LogP contribution in [-0.2, 0) is 10.2 Å². The molecule has 5 nitrogen and oxygen atoms in total. The number of piperidine rings is 2. The Morgan fingerprint density at radius 2 is 1.75 bits per heavy atom. The van der Waals surface area contributed by atoms with Gasteiger partial charge in [-0.3, -0.25) is 0 Å². The van der Waals surface area contributed by atoms with Crippen LogP contribution in [0.1, 0.15) is 38.2 Å². The van der Waals surface area contributed by atoms with Gasteiger partial charge in [-0.1, -0.05) is 25.1 Å². The predicted molar refractivity (Wildman–Crippen MR) is 95.3 cm³/mol. The summed E-state index contributed by atoms with van der Waals surface area (Å²) in [6, 6.07) is 7.98. The quantitative estimate of drug-likeness (QED) is 0.837. The van der Waals surface area contributed by atoms with E-state index in [0.717, 1.165) is 37.0 Å². The van der Waals surface area contributed by atoms with Crippen LogP contribution in [0, 0.1) is 12.8 Å². The number of rotatable bonds is 4. The average molecular weight is 353 g/mol. The number of ether oxygens (including phenoxy) is 1. The lowest BCUT2D eigenvalue weighted by molar-refractivity contribution is 0.129. The molecule has 1 unspecified atom stereocenters. The third kappa shape index (κ3) is 3.92. The fraction of sp³-hybridized carbons (Fsp3) is 0.667. The van der Waals surface area contributed by atoms with E-state index < -0.39 is 10.2 Å². The van der Waals surface area contributed by atoms with Crippen molar-refractivity contribution in [2.75, 3.05) is 26.2 Å². The third-order valence-corrected chi connectivity index (χ3v) is 7.06. The van der Waals surface area contributed by atoms with Gasteiger partial charge in [0.05, 0.1) is 0 Å². The van der Waals surface area contributed by atoms with Crippen molar-refractivity contribution in [3.8, 4) is 5.75 Å². The summed E-state index contributed by atoms with van der Waals surface area (Å²) in [5.74, 6) is 1.36. The highest BCUT2D eigenvalue weighted by molar-refractivity contribution is 7.86. The first-order chi connectivity index (χ1) is 11.5. The molecule has 0 bridgehead atoms. The minimum Gasteiger partial charge on any atom is -0.490 e. The number of hydrogen-bond acceptors (Lipinski definition) is 3. The lowest BCUT2D eigenvalue weighted by Gasteiger charge is -2.37. The van der Waals surface area contributed by atoms with Crippen molar-refractivity contribution >= 4 is 10.2 Å². The molecule has 2 heterocycles. The van der Waals surface area contributed by atoms with Crippen LogP contribution in [0.5, 0.6) is 5.75 Å². The summed E-state index contributed by atoms with van der Waals surface area (Å²) in [5, 5.41) is 0. The lowest BCUT2D eigenvalue weighted by Crippen LogP contribution is -2.51. The lowest BCUT2D eigenvalue weighted by atomic mass is 10.0. The normalized spacial score (nSPS) is 24.8. The zero-order valence-electron chi connectivity index (χ0n) is 14.6. The molecular weight excluding hydrogens is 324 g/mol. The monoisotopic (exact) mass is 352 g/mol. The van der Waals surface area contributed by atoms with Gasteiger partial charge in [0, 0.05) is 26.2 Å². The number of aryl methyl sites for hydroxylation is 1. The smallest absolute Gasteiger partial charge is 0.281 e. The molecule has 2 aliphatic heterocycles. The molecule has 1 atom stereocenters. The number of nitrogens with zero attached hydrogens (tertiary/aromatic N) is 2. The van der Waals surface area contributed by atoms with Gasteiger partial charge in [-0.25, -0.2) is 0 Å². The summed E-state index contributed by atoms with van der Waals surface area (Å²) in [7, 11) is -3.31. The van der Waals surface area contributed by atoms with Gasteiger partial charge in [0.15, 0.2) is 0 Å². The van der Waals surface area contributed by atoms with Crippen molar-refractivity contribution in [1.29, 1.82) is 0 Å². The molecule has 3 rings (SSSR count). The van der Waals surface area contributed by atoms with E-state index in [1.54, 1.807) is 8.61 Å². The van der Waals surface area contributed by atoms with Crippen LogP contribution in [-0.4, -0.2) is 49.3 Å². The third-order valence-electron chi connectivity index (χ3n) is 5.06. The second-order valence-corrected chi connectivity index (χ2v) is 9.02. The van der Waals surface area contributed by atoms with E-state index in [4.69, 9.17) is 4.74 Å². The van der Waals surface area contributed by atoms with Crippen molar-refractivity contribution < 1.29 is 13.2 Å². The maximum atomic E-state index is 12.8. The standard InChI is InChI=1S/C18H28N2O3S/c1-15-6-5-11-20(14-15)24(21,22)19-12-9-17(10-13-19)23-18-8-4-3-7-16(18)2/h3-4,7-8,15,17H,5-6,9-14H2,1-2H3. The Morgan fingerprint density at radius 3 is 2.42 bits per heavy atom. The Morgan fingerprint density at radius 1 is 1.04 bits per heavy atom. The van der Waals surface area contributed by atoms with E-state index in [1.165, 1.54) is 0 Å². The zero-order chi connectivity index (χ0) is 17.2. The number of para-hydroxylation sites is 1. The predicted octanol–water partition coefficient (Wildman–Crippen LogP) is 2.81. The van der Waals surface area contributed by atoms with Gasteiger partial charge in [0.1, 0.15) is 11.9 Å². The van der Waals surface area contributed by atoms with Gasteiger partial charge < -0.3 is 4.74 Å². The first kappa shape index (κ1) is 17.7. The van der Waals surface area contributed by atoms with Crippen LogP contribution >= 0.6 is 0 Å². The number of hydrogen-bond donors (Lipinski definition) is 0. The first-order valence-corrected chi connectivity index (χ1v) is 10.3. The average Bonchev–Trinajstić information content (AvgIpc) is 2.57. The van der Waals surface area contributed by atoms with E-state index in [9.17, 15) is 8.42 Å². The van der Waals surface area contributed by atoms with Gasteiger partial charge in [0.25, 0.3) is 10.2 Å². The van der Waals surface area contributed by atoms with Crippen LogP contribution in [0.15, 0.2) is 24.3 Å².